The van der Waals surface area contributed by atoms with Crippen molar-refractivity contribution >= 4 is 6.09 Å². The molecule has 3 heteroatoms. The van der Waals surface area contributed by atoms with Gasteiger partial charge < -0.3 is 9.64 Å². The van der Waals surface area contributed by atoms with E-state index in [1.54, 1.807) is 0 Å². The maximum absolute atomic E-state index is 12.4. The molecule has 1 aromatic rings. The first kappa shape index (κ1) is 14.9. The number of benzene rings is 1. The van der Waals surface area contributed by atoms with Crippen LogP contribution in [0.4, 0.5) is 4.79 Å². The van der Waals surface area contributed by atoms with Gasteiger partial charge in [0.15, 0.2) is 0 Å². The van der Waals surface area contributed by atoms with Crippen LogP contribution in [0.5, 0.6) is 0 Å². The molecule has 110 valence electrons. The third-order valence-corrected chi connectivity index (χ3v) is 3.63. The highest BCUT2D eigenvalue weighted by Crippen LogP contribution is 2.34. The Balaban J connectivity index is 2.19. The van der Waals surface area contributed by atoms with Crippen LogP contribution in [0.15, 0.2) is 30.3 Å². The molecule has 0 bridgehead atoms. The molecule has 1 fully saturated rings. The molecule has 1 aromatic carbocycles. The molecule has 0 saturated carbocycles. The largest absolute Gasteiger partial charge is 0.444 e. The number of hydrogen-bond donors (Lipinski definition) is 0. The summed E-state index contributed by atoms with van der Waals surface area (Å²) in [5.41, 5.74) is 0.754. The van der Waals surface area contributed by atoms with Gasteiger partial charge in [-0.15, -0.1) is 0 Å². The van der Waals surface area contributed by atoms with E-state index in [1.807, 2.05) is 43.9 Å². The van der Waals surface area contributed by atoms with Crippen molar-refractivity contribution in [3.05, 3.63) is 35.9 Å². The van der Waals surface area contributed by atoms with Crippen molar-refractivity contribution < 1.29 is 9.53 Å². The van der Waals surface area contributed by atoms with Crippen molar-refractivity contribution in [2.45, 2.75) is 52.2 Å². The van der Waals surface area contributed by atoms with Crippen LogP contribution in [-0.4, -0.2) is 23.1 Å². The van der Waals surface area contributed by atoms with Crippen molar-refractivity contribution in [1.82, 2.24) is 4.90 Å². The number of carbonyl (C=O) groups is 1. The molecule has 0 aliphatic carbocycles. The molecular formula is C17H25NO2. The molecule has 1 amide bonds. The highest BCUT2D eigenvalue weighted by atomic mass is 16.6. The van der Waals surface area contributed by atoms with E-state index in [9.17, 15) is 4.79 Å². The van der Waals surface area contributed by atoms with Crippen molar-refractivity contribution in [2.24, 2.45) is 5.92 Å². The van der Waals surface area contributed by atoms with Crippen LogP contribution in [0.3, 0.4) is 0 Å². The van der Waals surface area contributed by atoms with E-state index in [-0.39, 0.29) is 12.1 Å². The van der Waals surface area contributed by atoms with E-state index in [0.717, 1.165) is 19.4 Å². The Morgan fingerprint density at radius 3 is 2.45 bits per heavy atom. The van der Waals surface area contributed by atoms with Gasteiger partial charge in [0.2, 0.25) is 0 Å². The molecule has 0 radical (unpaired) electrons. The minimum absolute atomic E-state index is 0.141. The summed E-state index contributed by atoms with van der Waals surface area (Å²) in [6, 6.07) is 10.4. The van der Waals surface area contributed by atoms with Crippen molar-refractivity contribution in [2.75, 3.05) is 6.54 Å². The molecule has 0 aromatic heterocycles. The van der Waals surface area contributed by atoms with Gasteiger partial charge in [0.25, 0.3) is 0 Å². The zero-order valence-corrected chi connectivity index (χ0v) is 12.9. The molecule has 0 N–H and O–H groups in total. The van der Waals surface area contributed by atoms with E-state index in [4.69, 9.17) is 4.74 Å². The zero-order valence-electron chi connectivity index (χ0n) is 12.9. The van der Waals surface area contributed by atoms with Gasteiger partial charge in [0, 0.05) is 6.54 Å². The second-order valence-corrected chi connectivity index (χ2v) is 6.74. The minimum atomic E-state index is -0.445. The standard InChI is InChI=1S/C17H25NO2/c1-13-10-11-15(14-8-6-5-7-9-14)18(12-13)16(19)20-17(2,3)4/h5-9,13,15H,10-12H2,1-4H3. The number of rotatable bonds is 1. The Hall–Kier alpha value is -1.51. The molecule has 20 heavy (non-hydrogen) atoms. The zero-order chi connectivity index (χ0) is 14.8. The van der Waals surface area contributed by atoms with E-state index >= 15 is 0 Å². The maximum Gasteiger partial charge on any atom is 0.410 e. The molecule has 1 aliphatic rings. The molecule has 2 atom stereocenters. The quantitative estimate of drug-likeness (QED) is 0.760. The lowest BCUT2D eigenvalue weighted by Crippen LogP contribution is -2.44. The number of amides is 1. The molecule has 2 rings (SSSR count). The predicted molar refractivity (Wildman–Crippen MR) is 80.5 cm³/mol. The minimum Gasteiger partial charge on any atom is -0.444 e. The number of ether oxygens (including phenoxy) is 1. The lowest BCUT2D eigenvalue weighted by Gasteiger charge is -2.39. The van der Waals surface area contributed by atoms with Crippen LogP contribution in [0.25, 0.3) is 0 Å². The normalized spacial score (nSPS) is 23.5. The SMILES string of the molecule is CC1CCC(c2ccccc2)N(C(=O)OC(C)(C)C)C1. The van der Waals surface area contributed by atoms with Crippen molar-refractivity contribution in [3.8, 4) is 0 Å². The molecular weight excluding hydrogens is 250 g/mol. The lowest BCUT2D eigenvalue weighted by atomic mass is 9.90. The number of carbonyl (C=O) groups excluding carboxylic acids is 1. The first-order valence-corrected chi connectivity index (χ1v) is 7.41. The van der Waals surface area contributed by atoms with Gasteiger partial charge in [-0.3, -0.25) is 0 Å². The Morgan fingerprint density at radius 2 is 1.85 bits per heavy atom. The third-order valence-electron chi connectivity index (χ3n) is 3.63. The Morgan fingerprint density at radius 1 is 1.20 bits per heavy atom. The highest BCUT2D eigenvalue weighted by Gasteiger charge is 2.33. The van der Waals surface area contributed by atoms with Gasteiger partial charge >= 0.3 is 6.09 Å². The van der Waals surface area contributed by atoms with Gasteiger partial charge in [-0.05, 0) is 45.1 Å². The average Bonchev–Trinajstić information content (AvgIpc) is 2.37. The summed E-state index contributed by atoms with van der Waals surface area (Å²) in [4.78, 5) is 14.3. The Bertz CT molecular complexity index is 450. The second-order valence-electron chi connectivity index (χ2n) is 6.74. The van der Waals surface area contributed by atoms with Gasteiger partial charge in [-0.1, -0.05) is 37.3 Å². The van der Waals surface area contributed by atoms with E-state index in [0.29, 0.717) is 5.92 Å². The summed E-state index contributed by atoms with van der Waals surface area (Å²) in [7, 11) is 0. The van der Waals surface area contributed by atoms with Crippen LogP contribution in [0, 0.1) is 5.92 Å². The summed E-state index contributed by atoms with van der Waals surface area (Å²) >= 11 is 0. The lowest BCUT2D eigenvalue weighted by molar-refractivity contribution is 0.00364. The first-order valence-electron chi connectivity index (χ1n) is 7.41. The number of likely N-dealkylation sites (tertiary alicyclic amines) is 1. The molecule has 1 saturated heterocycles. The van der Waals surface area contributed by atoms with E-state index in [1.165, 1.54) is 5.56 Å². The monoisotopic (exact) mass is 275 g/mol. The van der Waals surface area contributed by atoms with Gasteiger partial charge in [0.05, 0.1) is 6.04 Å². The summed E-state index contributed by atoms with van der Waals surface area (Å²) in [6.45, 7) is 8.70. The fraction of sp³-hybridized carbons (Fsp3) is 0.588. The van der Waals surface area contributed by atoms with Gasteiger partial charge in [0.1, 0.15) is 5.60 Å². The molecule has 0 spiro atoms. The van der Waals surface area contributed by atoms with E-state index in [2.05, 4.69) is 19.1 Å². The molecule has 2 unspecified atom stereocenters. The molecule has 3 nitrogen and oxygen atoms in total. The summed E-state index contributed by atoms with van der Waals surface area (Å²) in [6.07, 6.45) is 1.96. The number of piperidine rings is 1. The fourth-order valence-corrected chi connectivity index (χ4v) is 2.70. The number of hydrogen-bond acceptors (Lipinski definition) is 2. The molecule has 1 heterocycles. The average molecular weight is 275 g/mol. The van der Waals surface area contributed by atoms with Crippen LogP contribution in [0.2, 0.25) is 0 Å². The van der Waals surface area contributed by atoms with Crippen LogP contribution in [0.1, 0.15) is 52.1 Å². The first-order chi connectivity index (χ1) is 9.37. The Labute approximate surface area is 121 Å². The van der Waals surface area contributed by atoms with Crippen molar-refractivity contribution in [1.29, 1.82) is 0 Å². The van der Waals surface area contributed by atoms with Crippen LogP contribution in [-0.2, 0) is 4.74 Å². The number of nitrogens with zero attached hydrogens (tertiary/aromatic N) is 1. The molecule has 1 aliphatic heterocycles. The Kier molecular flexibility index (Phi) is 4.36. The smallest absolute Gasteiger partial charge is 0.410 e. The van der Waals surface area contributed by atoms with Crippen LogP contribution < -0.4 is 0 Å². The topological polar surface area (TPSA) is 29.5 Å². The van der Waals surface area contributed by atoms with Crippen LogP contribution >= 0.6 is 0 Å². The second kappa shape index (κ2) is 5.86. The maximum atomic E-state index is 12.4. The predicted octanol–water partition coefficient (Wildman–Crippen LogP) is 4.39. The van der Waals surface area contributed by atoms with Gasteiger partial charge in [-0.25, -0.2) is 4.79 Å². The summed E-state index contributed by atoms with van der Waals surface area (Å²) in [5.74, 6) is 0.530. The van der Waals surface area contributed by atoms with E-state index < -0.39 is 5.60 Å². The van der Waals surface area contributed by atoms with Gasteiger partial charge in [-0.2, -0.15) is 0 Å². The summed E-state index contributed by atoms with van der Waals surface area (Å²) < 4.78 is 5.56. The highest BCUT2D eigenvalue weighted by molar-refractivity contribution is 5.69. The summed E-state index contributed by atoms with van der Waals surface area (Å²) in [5, 5.41) is 0. The van der Waals surface area contributed by atoms with Crippen molar-refractivity contribution in [3.63, 3.8) is 0 Å². The third kappa shape index (κ3) is 3.75. The fourth-order valence-electron chi connectivity index (χ4n) is 2.70.